The largest absolute Gasteiger partial charge is 0.480 e. The highest BCUT2D eigenvalue weighted by molar-refractivity contribution is 5.89. The van der Waals surface area contributed by atoms with Gasteiger partial charge in [-0.25, -0.2) is 14.6 Å². The maximum absolute atomic E-state index is 12.9. The smallest absolute Gasteiger partial charge is 0.404 e. The molecule has 39 heavy (non-hydrogen) atoms. The molecule has 0 aromatic rings. The van der Waals surface area contributed by atoms with Crippen molar-refractivity contribution in [3.8, 4) is 0 Å². The van der Waals surface area contributed by atoms with Gasteiger partial charge in [0.05, 0.1) is 12.1 Å². The van der Waals surface area contributed by atoms with Crippen LogP contribution in [0.3, 0.4) is 0 Å². The van der Waals surface area contributed by atoms with E-state index in [1.807, 2.05) is 0 Å². The number of carbonyl (C=O) groups excluding carboxylic acids is 3. The molecule has 222 valence electrons. The number of guanidine groups is 1. The van der Waals surface area contributed by atoms with E-state index in [2.05, 4.69) is 31.0 Å². The van der Waals surface area contributed by atoms with E-state index in [4.69, 9.17) is 21.9 Å². The number of hydrogen-bond donors (Lipinski definition) is 11. The summed E-state index contributed by atoms with van der Waals surface area (Å²) in [4.78, 5) is 51.1. The van der Waals surface area contributed by atoms with Crippen LogP contribution in [0.2, 0.25) is 0 Å². The van der Waals surface area contributed by atoms with E-state index in [1.165, 1.54) is 6.92 Å². The Labute approximate surface area is 223 Å². The van der Waals surface area contributed by atoms with E-state index in [9.17, 15) is 39.6 Å². The molecule has 0 radical (unpaired) electrons. The van der Waals surface area contributed by atoms with Gasteiger partial charge in [0, 0.05) is 25.9 Å². The number of aliphatic imine (C=N–C) groups is 1. The fraction of sp³-hybridized carbons (Fsp3) is 0.762. The number of aliphatic hydroxyl groups is 3. The summed E-state index contributed by atoms with van der Waals surface area (Å²) in [5.41, 5.74) is 16.0. The Kier molecular flexibility index (Phi) is 12.1. The molecule has 0 aliphatic carbocycles. The maximum atomic E-state index is 12.9. The van der Waals surface area contributed by atoms with Gasteiger partial charge in [0.1, 0.15) is 31.0 Å². The highest BCUT2D eigenvalue weighted by Gasteiger charge is 2.47. The van der Waals surface area contributed by atoms with Gasteiger partial charge >= 0.3 is 12.1 Å². The second-order valence-corrected chi connectivity index (χ2v) is 9.21. The lowest BCUT2D eigenvalue weighted by molar-refractivity contribution is -0.198. The van der Waals surface area contributed by atoms with Crippen LogP contribution >= 0.6 is 0 Å². The van der Waals surface area contributed by atoms with Crippen molar-refractivity contribution in [2.75, 3.05) is 19.7 Å². The molecule has 2 aliphatic heterocycles. The van der Waals surface area contributed by atoms with Gasteiger partial charge in [0.2, 0.25) is 11.8 Å². The highest BCUT2D eigenvalue weighted by Crippen LogP contribution is 2.22. The molecule has 2 aliphatic rings. The quantitative estimate of drug-likeness (QED) is 0.0997. The number of primary amides is 1. The van der Waals surface area contributed by atoms with E-state index in [0.29, 0.717) is 19.4 Å². The first-order valence-corrected chi connectivity index (χ1v) is 12.3. The van der Waals surface area contributed by atoms with Gasteiger partial charge in [-0.1, -0.05) is 0 Å². The molecule has 18 nitrogen and oxygen atoms in total. The number of aliphatic hydroxyl groups excluding tert-OH is 3. The summed E-state index contributed by atoms with van der Waals surface area (Å²) in [7, 11) is 0. The third-order valence-corrected chi connectivity index (χ3v) is 6.16. The molecule has 0 unspecified atom stereocenters. The van der Waals surface area contributed by atoms with E-state index >= 15 is 0 Å². The predicted molar refractivity (Wildman–Crippen MR) is 133 cm³/mol. The van der Waals surface area contributed by atoms with Crippen LogP contribution in [0.5, 0.6) is 0 Å². The van der Waals surface area contributed by atoms with Crippen molar-refractivity contribution < 1.29 is 49.1 Å². The number of aliphatic carboxylic acids is 1. The van der Waals surface area contributed by atoms with Gasteiger partial charge in [0.25, 0.3) is 0 Å². The topological polar surface area (TPSA) is 306 Å². The van der Waals surface area contributed by atoms with Crippen LogP contribution < -0.4 is 38.5 Å². The minimum absolute atomic E-state index is 0.165. The van der Waals surface area contributed by atoms with Crippen molar-refractivity contribution in [2.24, 2.45) is 22.2 Å². The molecule has 0 saturated carbocycles. The molecule has 2 heterocycles. The lowest BCUT2D eigenvalue weighted by Gasteiger charge is -2.43. The number of amides is 3. The molecule has 2 rings (SSSR count). The zero-order valence-corrected chi connectivity index (χ0v) is 21.4. The van der Waals surface area contributed by atoms with E-state index < -0.39 is 79.4 Å². The molecular formula is C21H38N8O10. The molecule has 3 amide bonds. The van der Waals surface area contributed by atoms with Crippen LogP contribution in [0.1, 0.15) is 26.2 Å². The van der Waals surface area contributed by atoms with Gasteiger partial charge in [-0.2, -0.15) is 0 Å². The van der Waals surface area contributed by atoms with Crippen molar-refractivity contribution in [3.63, 3.8) is 0 Å². The number of nitrogens with two attached hydrogens (primary N) is 3. The summed E-state index contributed by atoms with van der Waals surface area (Å²) in [6, 6.07) is -4.42. The molecule has 9 atom stereocenters. The van der Waals surface area contributed by atoms with E-state index in [1.54, 1.807) is 0 Å². The van der Waals surface area contributed by atoms with Crippen molar-refractivity contribution >= 4 is 29.8 Å². The van der Waals surface area contributed by atoms with E-state index in [-0.39, 0.29) is 24.8 Å². The van der Waals surface area contributed by atoms with Gasteiger partial charge in [0.15, 0.2) is 18.2 Å². The fourth-order valence-electron chi connectivity index (χ4n) is 4.27. The minimum atomic E-state index is -1.67. The zero-order chi connectivity index (χ0) is 29.3. The molecule has 1 fully saturated rings. The second-order valence-electron chi connectivity index (χ2n) is 9.21. The summed E-state index contributed by atoms with van der Waals surface area (Å²) in [5, 5.41) is 51.6. The van der Waals surface area contributed by atoms with Crippen LogP contribution in [0.4, 0.5) is 4.79 Å². The molecule has 0 aromatic heterocycles. The number of rotatable bonds is 13. The van der Waals surface area contributed by atoms with E-state index in [0.717, 1.165) is 0 Å². The zero-order valence-electron chi connectivity index (χ0n) is 21.4. The number of carboxylic acid groups (broad SMARTS) is 1. The highest BCUT2D eigenvalue weighted by atomic mass is 16.6. The first-order chi connectivity index (χ1) is 18.4. The third kappa shape index (κ3) is 9.15. The van der Waals surface area contributed by atoms with Gasteiger partial charge in [-0.3, -0.25) is 9.59 Å². The van der Waals surface area contributed by atoms with Crippen molar-refractivity contribution in [1.29, 1.82) is 0 Å². The third-order valence-electron chi connectivity index (χ3n) is 6.16. The number of nitrogens with zero attached hydrogens (tertiary/aromatic N) is 1. The first kappa shape index (κ1) is 31.9. The van der Waals surface area contributed by atoms with Gasteiger partial charge < -0.3 is 68.4 Å². The monoisotopic (exact) mass is 562 g/mol. The summed E-state index contributed by atoms with van der Waals surface area (Å²) in [6.07, 6.45) is -7.67. The first-order valence-electron chi connectivity index (χ1n) is 12.3. The SMILES string of the molecule is CC(=O)N[C@@H](CCCN)CC(=O)N[C@@H]1[C@H](O)[C@@H](O)[C@@H](COC(N)=O)O[C@H]1NC1=N[C@H](C(=O)O)[C@@H]([C@H](O)CN)N1. The van der Waals surface area contributed by atoms with Crippen LogP contribution in [-0.2, 0) is 23.9 Å². The van der Waals surface area contributed by atoms with Crippen LogP contribution in [0.15, 0.2) is 4.99 Å². The van der Waals surface area contributed by atoms with Gasteiger partial charge in [-0.15, -0.1) is 0 Å². The Morgan fingerprint density at radius 1 is 1.21 bits per heavy atom. The Morgan fingerprint density at radius 3 is 2.46 bits per heavy atom. The van der Waals surface area contributed by atoms with Crippen LogP contribution in [0, 0.1) is 0 Å². The number of carbonyl (C=O) groups is 4. The van der Waals surface area contributed by atoms with Gasteiger partial charge in [-0.05, 0) is 19.4 Å². The molecule has 0 spiro atoms. The molecule has 1 saturated heterocycles. The number of ether oxygens (including phenoxy) is 2. The molecular weight excluding hydrogens is 524 g/mol. The lowest BCUT2D eigenvalue weighted by Crippen LogP contribution is -2.69. The lowest BCUT2D eigenvalue weighted by atomic mass is 9.95. The van der Waals surface area contributed by atoms with Crippen molar-refractivity contribution in [3.05, 3.63) is 0 Å². The average molecular weight is 563 g/mol. The summed E-state index contributed by atoms with van der Waals surface area (Å²) >= 11 is 0. The number of hydrogen-bond acceptors (Lipinski definition) is 14. The second kappa shape index (κ2) is 14.8. The summed E-state index contributed by atoms with van der Waals surface area (Å²) in [6.45, 7) is 0.819. The number of carboxylic acids is 1. The summed E-state index contributed by atoms with van der Waals surface area (Å²) < 4.78 is 10.4. The van der Waals surface area contributed by atoms with Crippen LogP contribution in [-0.4, -0.2) is 125 Å². The fourth-order valence-corrected chi connectivity index (χ4v) is 4.27. The Bertz CT molecular complexity index is 908. The molecule has 14 N–H and O–H groups in total. The standard InChI is InChI=1S/C21H38N8O10/c1-8(30)25-9(3-2-4-22)5-12(32)26-15-17(34)16(33)11(7-38-20(24)37)39-18(15)29-21-27-13(10(31)6-23)14(28-21)19(35)36/h9-11,13-18,31,33-34H,2-7,22-23H2,1H3,(H2,24,37)(H,25,30)(H,26,32)(H,35,36)(H2,27,28,29)/t9-,10+,11+,13+,14-,15+,16-,17-,18+/m0/s1. The minimum Gasteiger partial charge on any atom is -0.480 e. The Morgan fingerprint density at radius 2 is 1.90 bits per heavy atom. The Balaban J connectivity index is 2.25. The predicted octanol–water partition coefficient (Wildman–Crippen LogP) is -5.66. The van der Waals surface area contributed by atoms with Crippen molar-refractivity contribution in [1.82, 2.24) is 21.3 Å². The molecule has 0 bridgehead atoms. The molecule has 18 heteroatoms. The average Bonchev–Trinajstić information content (AvgIpc) is 3.29. The number of nitrogens with one attached hydrogen (secondary N) is 4. The van der Waals surface area contributed by atoms with Crippen LogP contribution in [0.25, 0.3) is 0 Å². The maximum Gasteiger partial charge on any atom is 0.404 e. The Hall–Kier alpha value is -3.29. The van der Waals surface area contributed by atoms with Crippen molar-refractivity contribution in [2.45, 2.75) is 81.0 Å². The normalized spacial score (nSPS) is 29.8. The molecule has 0 aromatic carbocycles. The summed E-state index contributed by atoms with van der Waals surface area (Å²) in [5.74, 6) is -2.49.